The number of carbonyl (C=O) groups excluding carboxylic acids is 2. The third kappa shape index (κ3) is 14.4. The minimum atomic E-state index is -0.806. The molecule has 0 amide bonds. The first-order valence-corrected chi connectivity index (χ1v) is 21.2. The van der Waals surface area contributed by atoms with E-state index >= 15 is 0 Å². The molecule has 3 aromatic carbocycles. The van der Waals surface area contributed by atoms with Crippen molar-refractivity contribution in [2.24, 2.45) is 11.8 Å². The summed E-state index contributed by atoms with van der Waals surface area (Å²) in [5.74, 6) is -0.278. The van der Waals surface area contributed by atoms with Crippen LogP contribution in [0.3, 0.4) is 0 Å². The van der Waals surface area contributed by atoms with Crippen LogP contribution >= 0.6 is 0 Å². The van der Waals surface area contributed by atoms with Crippen molar-refractivity contribution in [3.63, 3.8) is 0 Å². The lowest BCUT2D eigenvalue weighted by molar-refractivity contribution is -0.229. The molecular formula is C48H68O12. The fourth-order valence-electron chi connectivity index (χ4n) is 7.68. The smallest absolute Gasteiger partial charge is 0.303 e. The summed E-state index contributed by atoms with van der Waals surface area (Å²) in [5, 5.41) is 20.0. The SMILES string of the molecule is CC(=O)O[C@@H]1[C@@H](OCc2ccccc2)[C@@H](C)C(C)O[C@H]1C.CC(=O)O[C@@H]1[C@@H](OCc2ccccc2)[C@@H](C)C(C)O[C@H]1C.CC1O[C@@H](C)[C@H](O)C(OCc2ccccc2)[C@H]1O. The molecule has 12 nitrogen and oxygen atoms in total. The molecule has 60 heavy (non-hydrogen) atoms. The van der Waals surface area contributed by atoms with Crippen molar-refractivity contribution in [1.82, 2.24) is 0 Å². The highest BCUT2D eigenvalue weighted by molar-refractivity contribution is 5.66. The van der Waals surface area contributed by atoms with Gasteiger partial charge in [0.05, 0.1) is 56.4 Å². The van der Waals surface area contributed by atoms with Crippen molar-refractivity contribution in [3.8, 4) is 0 Å². The van der Waals surface area contributed by atoms with E-state index in [4.69, 9.17) is 37.9 Å². The maximum Gasteiger partial charge on any atom is 0.303 e. The predicted molar refractivity (Wildman–Crippen MR) is 227 cm³/mol. The van der Waals surface area contributed by atoms with E-state index in [1.807, 2.05) is 119 Å². The summed E-state index contributed by atoms with van der Waals surface area (Å²) in [6.07, 6.45) is -4.10. The van der Waals surface area contributed by atoms with Crippen molar-refractivity contribution < 1.29 is 57.7 Å². The number of hydrogen-bond acceptors (Lipinski definition) is 12. The number of esters is 2. The quantitative estimate of drug-likeness (QED) is 0.192. The van der Waals surface area contributed by atoms with E-state index in [9.17, 15) is 19.8 Å². The lowest BCUT2D eigenvalue weighted by Gasteiger charge is -2.43. The van der Waals surface area contributed by atoms with Gasteiger partial charge in [-0.15, -0.1) is 0 Å². The average molecular weight is 837 g/mol. The number of benzene rings is 3. The van der Waals surface area contributed by atoms with E-state index in [1.54, 1.807) is 13.8 Å². The monoisotopic (exact) mass is 836 g/mol. The molecule has 3 aromatic rings. The topological polar surface area (TPSA) is 148 Å². The number of aliphatic hydroxyl groups is 2. The van der Waals surface area contributed by atoms with Crippen LogP contribution in [-0.4, -0.2) is 102 Å². The third-order valence-corrected chi connectivity index (χ3v) is 11.5. The second-order valence-electron chi connectivity index (χ2n) is 16.3. The Bertz CT molecular complexity index is 1580. The highest BCUT2D eigenvalue weighted by Gasteiger charge is 2.45. The number of ether oxygens (including phenoxy) is 8. The zero-order valence-electron chi connectivity index (χ0n) is 36.9. The average Bonchev–Trinajstić information content (AvgIpc) is 3.22. The Hall–Kier alpha value is -3.72. The Balaban J connectivity index is 0.000000199. The van der Waals surface area contributed by atoms with E-state index in [0.717, 1.165) is 16.7 Å². The van der Waals surface area contributed by atoms with E-state index in [-0.39, 0.29) is 84.8 Å². The van der Waals surface area contributed by atoms with Crippen molar-refractivity contribution in [2.45, 2.75) is 168 Å². The van der Waals surface area contributed by atoms with Gasteiger partial charge in [-0.05, 0) is 58.2 Å². The van der Waals surface area contributed by atoms with Crippen LogP contribution in [-0.2, 0) is 67.3 Å². The summed E-state index contributed by atoms with van der Waals surface area (Å²) >= 11 is 0. The summed E-state index contributed by atoms with van der Waals surface area (Å²) in [5.41, 5.74) is 3.24. The zero-order chi connectivity index (χ0) is 43.9. The van der Waals surface area contributed by atoms with Gasteiger partial charge in [0.2, 0.25) is 0 Å². The Morgan fingerprint density at radius 3 is 1.02 bits per heavy atom. The molecule has 3 aliphatic rings. The van der Waals surface area contributed by atoms with Crippen LogP contribution in [0.4, 0.5) is 0 Å². The van der Waals surface area contributed by atoms with Crippen LogP contribution in [0.15, 0.2) is 91.0 Å². The first-order chi connectivity index (χ1) is 28.6. The van der Waals surface area contributed by atoms with Crippen LogP contribution in [0.5, 0.6) is 0 Å². The Morgan fingerprint density at radius 2 is 0.717 bits per heavy atom. The van der Waals surface area contributed by atoms with Gasteiger partial charge in [-0.25, -0.2) is 0 Å². The molecule has 12 heteroatoms. The molecule has 3 fully saturated rings. The largest absolute Gasteiger partial charge is 0.457 e. The second kappa shape index (κ2) is 24.1. The molecule has 0 spiro atoms. The number of aliphatic hydroxyl groups excluding tert-OH is 2. The molecule has 3 heterocycles. The third-order valence-electron chi connectivity index (χ3n) is 11.5. The van der Waals surface area contributed by atoms with Gasteiger partial charge in [-0.2, -0.15) is 0 Å². The molecule has 0 saturated carbocycles. The lowest BCUT2D eigenvalue weighted by atomic mass is 9.89. The van der Waals surface area contributed by atoms with Crippen molar-refractivity contribution in [1.29, 1.82) is 0 Å². The predicted octanol–water partition coefficient (Wildman–Crippen LogP) is 6.99. The van der Waals surface area contributed by atoms with Crippen LogP contribution < -0.4 is 0 Å². The normalized spacial score (nSPS) is 33.8. The zero-order valence-corrected chi connectivity index (χ0v) is 36.9. The lowest BCUT2D eigenvalue weighted by Crippen LogP contribution is -2.56. The van der Waals surface area contributed by atoms with Crippen LogP contribution in [0, 0.1) is 11.8 Å². The minimum Gasteiger partial charge on any atom is -0.457 e. The van der Waals surface area contributed by atoms with Crippen molar-refractivity contribution in [3.05, 3.63) is 108 Å². The Morgan fingerprint density at radius 1 is 0.433 bits per heavy atom. The molecule has 2 N–H and O–H groups in total. The highest BCUT2D eigenvalue weighted by Crippen LogP contribution is 2.32. The van der Waals surface area contributed by atoms with Crippen molar-refractivity contribution in [2.75, 3.05) is 0 Å². The molecule has 0 radical (unpaired) electrons. The molecule has 0 aromatic heterocycles. The maximum absolute atomic E-state index is 11.3. The molecular weight excluding hydrogens is 769 g/mol. The molecule has 332 valence electrons. The standard InChI is InChI=1S/2C17H24O4.C14H20O4/c2*1-11-12(2)20-13(3)17(21-14(4)18)16(11)19-10-15-8-6-5-7-9-15;1-9-12(15)14(13(16)10(2)18-9)17-8-11-6-4-3-5-7-11/h2*5-9,11-13,16-17H,10H2,1-4H3;3-7,9-10,12-16H,8H2,1-2H3/t2*11-,12?,13-,16-,17-;9-,10?,12-,13-,14?/m000/s1. The maximum atomic E-state index is 11.3. The van der Waals surface area contributed by atoms with Crippen LogP contribution in [0.25, 0.3) is 0 Å². The molecule has 3 aliphatic heterocycles. The Kier molecular flexibility index (Phi) is 19.6. The van der Waals surface area contributed by atoms with Crippen LogP contribution in [0.2, 0.25) is 0 Å². The summed E-state index contributed by atoms with van der Waals surface area (Å²) in [6, 6.07) is 29.7. The van der Waals surface area contributed by atoms with E-state index in [1.165, 1.54) is 13.8 Å². The summed E-state index contributed by atoms with van der Waals surface area (Å²) in [6.45, 7) is 19.9. The summed E-state index contributed by atoms with van der Waals surface area (Å²) in [4.78, 5) is 22.7. The van der Waals surface area contributed by atoms with E-state index in [2.05, 4.69) is 13.8 Å². The summed E-state index contributed by atoms with van der Waals surface area (Å²) in [7, 11) is 0. The molecule has 3 saturated heterocycles. The number of hydrogen-bond donors (Lipinski definition) is 2. The molecule has 0 bridgehead atoms. The van der Waals surface area contributed by atoms with E-state index < -0.39 is 18.3 Å². The van der Waals surface area contributed by atoms with Gasteiger partial charge in [-0.3, -0.25) is 9.59 Å². The van der Waals surface area contributed by atoms with Gasteiger partial charge in [0.25, 0.3) is 0 Å². The van der Waals surface area contributed by atoms with Gasteiger partial charge in [0.1, 0.15) is 30.5 Å². The van der Waals surface area contributed by atoms with E-state index in [0.29, 0.717) is 19.8 Å². The molecule has 4 unspecified atom stereocenters. The van der Waals surface area contributed by atoms with Gasteiger partial charge in [0.15, 0.2) is 12.2 Å². The van der Waals surface area contributed by atoms with Gasteiger partial charge < -0.3 is 48.1 Å². The Labute approximate surface area is 356 Å². The fourth-order valence-corrected chi connectivity index (χ4v) is 7.68. The van der Waals surface area contributed by atoms with Gasteiger partial charge >= 0.3 is 11.9 Å². The first-order valence-electron chi connectivity index (χ1n) is 21.2. The van der Waals surface area contributed by atoms with Crippen molar-refractivity contribution >= 4 is 11.9 Å². The summed E-state index contributed by atoms with van der Waals surface area (Å²) < 4.78 is 45.8. The van der Waals surface area contributed by atoms with Crippen LogP contribution in [0.1, 0.15) is 85.9 Å². The van der Waals surface area contributed by atoms with Gasteiger partial charge in [-0.1, -0.05) is 105 Å². The highest BCUT2D eigenvalue weighted by atomic mass is 16.6. The number of carbonyl (C=O) groups is 2. The molecule has 0 aliphatic carbocycles. The molecule has 6 rings (SSSR count). The fraction of sp³-hybridized carbons (Fsp3) is 0.583. The molecule has 15 atom stereocenters. The first kappa shape index (κ1) is 48.9. The number of rotatable bonds is 11. The van der Waals surface area contributed by atoms with Gasteiger partial charge in [0, 0.05) is 25.7 Å². The second-order valence-corrected chi connectivity index (χ2v) is 16.3. The minimum absolute atomic E-state index is 0.0765.